The monoisotopic (exact) mass is 199 g/mol. The number of halogens is 2. The molecule has 0 aromatic heterocycles. The Balaban J connectivity index is 2.97. The van der Waals surface area contributed by atoms with Gasteiger partial charge in [0.15, 0.2) is 0 Å². The van der Waals surface area contributed by atoms with Gasteiger partial charge in [0.05, 0.1) is 6.54 Å². The molecule has 0 spiro atoms. The summed E-state index contributed by atoms with van der Waals surface area (Å²) in [7, 11) is 0. The molecule has 0 bridgehead atoms. The van der Waals surface area contributed by atoms with Crippen LogP contribution in [0.2, 0.25) is 0 Å². The summed E-state index contributed by atoms with van der Waals surface area (Å²) >= 11 is 0. The molecule has 78 valence electrons. The predicted molar refractivity (Wildman–Crippen MR) is 53.6 cm³/mol. The van der Waals surface area contributed by atoms with Crippen LogP contribution in [0.25, 0.3) is 0 Å². The third-order valence-corrected chi connectivity index (χ3v) is 2.38. The molecule has 3 heteroatoms. The van der Waals surface area contributed by atoms with E-state index in [1.165, 1.54) is 0 Å². The second-order valence-electron chi connectivity index (χ2n) is 3.61. The van der Waals surface area contributed by atoms with E-state index in [2.05, 4.69) is 0 Å². The minimum absolute atomic E-state index is 0.262. The van der Waals surface area contributed by atoms with Crippen molar-refractivity contribution in [1.29, 1.82) is 0 Å². The zero-order valence-corrected chi connectivity index (χ0v) is 8.48. The molecule has 1 nitrogen and oxygen atoms in total. The van der Waals surface area contributed by atoms with Crippen molar-refractivity contribution < 1.29 is 8.78 Å². The number of benzene rings is 1. The third-order valence-electron chi connectivity index (χ3n) is 2.38. The van der Waals surface area contributed by atoms with Gasteiger partial charge in [0.2, 0.25) is 0 Å². The minimum Gasteiger partial charge on any atom is -0.325 e. The lowest BCUT2D eigenvalue weighted by molar-refractivity contribution is 0.0112. The SMILES string of the molecule is Cc1cccc(C)c1CC(F)(F)CN. The Hall–Kier alpha value is -0.960. The first-order valence-corrected chi connectivity index (χ1v) is 4.59. The van der Waals surface area contributed by atoms with E-state index >= 15 is 0 Å². The summed E-state index contributed by atoms with van der Waals surface area (Å²) in [5, 5.41) is 0. The topological polar surface area (TPSA) is 26.0 Å². The molecule has 14 heavy (non-hydrogen) atoms. The molecule has 0 radical (unpaired) electrons. The molecule has 2 N–H and O–H groups in total. The lowest BCUT2D eigenvalue weighted by Crippen LogP contribution is -2.30. The van der Waals surface area contributed by atoms with Gasteiger partial charge in [-0.05, 0) is 30.5 Å². The number of nitrogens with two attached hydrogens (primary N) is 1. The molecule has 0 fully saturated rings. The first-order valence-electron chi connectivity index (χ1n) is 4.59. The quantitative estimate of drug-likeness (QED) is 0.795. The summed E-state index contributed by atoms with van der Waals surface area (Å²) in [5.41, 5.74) is 7.52. The lowest BCUT2D eigenvalue weighted by atomic mass is 9.97. The van der Waals surface area contributed by atoms with Gasteiger partial charge in [0.1, 0.15) is 0 Å². The fraction of sp³-hybridized carbons (Fsp3) is 0.455. The second-order valence-corrected chi connectivity index (χ2v) is 3.61. The Kier molecular flexibility index (Phi) is 3.21. The van der Waals surface area contributed by atoms with Crippen LogP contribution in [-0.4, -0.2) is 12.5 Å². The highest BCUT2D eigenvalue weighted by Gasteiger charge is 2.28. The largest absolute Gasteiger partial charge is 0.325 e. The van der Waals surface area contributed by atoms with Crippen molar-refractivity contribution in [1.82, 2.24) is 0 Å². The molecular weight excluding hydrogens is 184 g/mol. The van der Waals surface area contributed by atoms with Gasteiger partial charge < -0.3 is 5.73 Å². The summed E-state index contributed by atoms with van der Waals surface area (Å²) in [6.45, 7) is 3.09. The van der Waals surface area contributed by atoms with E-state index in [0.29, 0.717) is 5.56 Å². The van der Waals surface area contributed by atoms with E-state index in [4.69, 9.17) is 5.73 Å². The Bertz CT molecular complexity index is 301. The van der Waals surface area contributed by atoms with E-state index in [9.17, 15) is 8.78 Å². The zero-order chi connectivity index (χ0) is 10.8. The summed E-state index contributed by atoms with van der Waals surface area (Å²) in [4.78, 5) is 0. The fourth-order valence-electron chi connectivity index (χ4n) is 1.46. The highest BCUT2D eigenvalue weighted by atomic mass is 19.3. The van der Waals surface area contributed by atoms with Gasteiger partial charge >= 0.3 is 0 Å². The highest BCUT2D eigenvalue weighted by molar-refractivity contribution is 5.34. The number of rotatable bonds is 3. The van der Waals surface area contributed by atoms with Crippen LogP contribution in [0.5, 0.6) is 0 Å². The summed E-state index contributed by atoms with van der Waals surface area (Å²) in [6, 6.07) is 5.55. The van der Waals surface area contributed by atoms with Crippen LogP contribution in [0.4, 0.5) is 8.78 Å². The average molecular weight is 199 g/mol. The van der Waals surface area contributed by atoms with E-state index in [0.717, 1.165) is 11.1 Å². The number of alkyl halides is 2. The van der Waals surface area contributed by atoms with E-state index in [1.807, 2.05) is 32.0 Å². The van der Waals surface area contributed by atoms with E-state index in [-0.39, 0.29) is 6.42 Å². The maximum Gasteiger partial charge on any atom is 0.264 e. The first kappa shape index (κ1) is 11.1. The number of aryl methyl sites for hydroxylation is 2. The fourth-order valence-corrected chi connectivity index (χ4v) is 1.46. The smallest absolute Gasteiger partial charge is 0.264 e. The van der Waals surface area contributed by atoms with Crippen molar-refractivity contribution in [2.75, 3.05) is 6.54 Å². The molecule has 1 rings (SSSR count). The number of hydrogen-bond donors (Lipinski definition) is 1. The van der Waals surface area contributed by atoms with Gasteiger partial charge in [-0.1, -0.05) is 18.2 Å². The van der Waals surface area contributed by atoms with Crippen LogP contribution in [0.1, 0.15) is 16.7 Å². The Morgan fingerprint density at radius 3 is 2.14 bits per heavy atom. The molecule has 1 aromatic carbocycles. The zero-order valence-electron chi connectivity index (χ0n) is 8.48. The summed E-state index contributed by atoms with van der Waals surface area (Å²) in [6.07, 6.45) is -0.262. The lowest BCUT2D eigenvalue weighted by Gasteiger charge is -2.17. The Morgan fingerprint density at radius 2 is 1.71 bits per heavy atom. The van der Waals surface area contributed by atoms with Gasteiger partial charge in [0.25, 0.3) is 5.92 Å². The Labute approximate surface area is 82.9 Å². The van der Waals surface area contributed by atoms with Gasteiger partial charge in [-0.15, -0.1) is 0 Å². The molecule has 1 aromatic rings. The van der Waals surface area contributed by atoms with Gasteiger partial charge in [-0.3, -0.25) is 0 Å². The maximum absolute atomic E-state index is 13.1. The van der Waals surface area contributed by atoms with Crippen LogP contribution in [0, 0.1) is 13.8 Å². The van der Waals surface area contributed by atoms with Crippen LogP contribution in [0.3, 0.4) is 0 Å². The molecule has 0 atom stereocenters. The van der Waals surface area contributed by atoms with Gasteiger partial charge in [0, 0.05) is 6.42 Å². The van der Waals surface area contributed by atoms with E-state index < -0.39 is 12.5 Å². The molecule has 0 aliphatic carbocycles. The predicted octanol–water partition coefficient (Wildman–Crippen LogP) is 2.44. The molecule has 0 aliphatic rings. The van der Waals surface area contributed by atoms with Gasteiger partial charge in [-0.25, -0.2) is 8.78 Å². The van der Waals surface area contributed by atoms with Crippen molar-refractivity contribution in [3.63, 3.8) is 0 Å². The molecule has 0 heterocycles. The van der Waals surface area contributed by atoms with Crippen LogP contribution < -0.4 is 5.73 Å². The minimum atomic E-state index is -2.79. The molecule has 0 saturated heterocycles. The van der Waals surface area contributed by atoms with Gasteiger partial charge in [-0.2, -0.15) is 0 Å². The van der Waals surface area contributed by atoms with Crippen molar-refractivity contribution in [3.8, 4) is 0 Å². The molecule has 0 unspecified atom stereocenters. The average Bonchev–Trinajstić information content (AvgIpc) is 2.12. The third kappa shape index (κ3) is 2.51. The second kappa shape index (κ2) is 4.05. The molecular formula is C11H15F2N. The Morgan fingerprint density at radius 1 is 1.21 bits per heavy atom. The highest BCUT2D eigenvalue weighted by Crippen LogP contribution is 2.23. The normalized spacial score (nSPS) is 11.8. The van der Waals surface area contributed by atoms with Crippen LogP contribution in [-0.2, 0) is 6.42 Å². The number of hydrogen-bond acceptors (Lipinski definition) is 1. The standard InChI is InChI=1S/C11H15F2N/c1-8-4-3-5-9(2)10(8)6-11(12,13)7-14/h3-5H,6-7,14H2,1-2H3. The van der Waals surface area contributed by atoms with Crippen LogP contribution in [0.15, 0.2) is 18.2 Å². The van der Waals surface area contributed by atoms with E-state index in [1.54, 1.807) is 0 Å². The van der Waals surface area contributed by atoms with Crippen molar-refractivity contribution >= 4 is 0 Å². The molecule has 0 aliphatic heterocycles. The van der Waals surface area contributed by atoms with Crippen molar-refractivity contribution in [3.05, 3.63) is 34.9 Å². The van der Waals surface area contributed by atoms with Crippen LogP contribution >= 0.6 is 0 Å². The maximum atomic E-state index is 13.1. The first-order chi connectivity index (χ1) is 6.46. The molecule has 0 saturated carbocycles. The molecule has 0 amide bonds. The van der Waals surface area contributed by atoms with Crippen molar-refractivity contribution in [2.45, 2.75) is 26.2 Å². The summed E-state index contributed by atoms with van der Waals surface area (Å²) in [5.74, 6) is -2.79. The van der Waals surface area contributed by atoms with Crippen molar-refractivity contribution in [2.24, 2.45) is 5.73 Å². The summed E-state index contributed by atoms with van der Waals surface area (Å²) < 4.78 is 26.1.